The number of carboxylic acids is 1. The molecule has 6 fully saturated rings. The van der Waals surface area contributed by atoms with Crippen LogP contribution < -0.4 is 19.2 Å². The Morgan fingerprint density at radius 2 is 1.01 bits per heavy atom. The molecular weight excluding hydrogens is 1180 g/mol. The van der Waals surface area contributed by atoms with Crippen molar-refractivity contribution in [2.45, 2.75) is 141 Å². The van der Waals surface area contributed by atoms with Crippen LogP contribution >= 0.6 is 12.4 Å². The number of piperidine rings is 2. The zero-order valence-electron chi connectivity index (χ0n) is 50.9. The summed E-state index contributed by atoms with van der Waals surface area (Å²) in [5, 5.41) is 19.0. The number of rotatable bonds is 14. The summed E-state index contributed by atoms with van der Waals surface area (Å²) in [6.07, 6.45) is 13.6. The monoisotopic (exact) mass is 1260 g/mol. The number of hydrogen-bond donors (Lipinski definition) is 3. The van der Waals surface area contributed by atoms with Gasteiger partial charge in [-0.3, -0.25) is 19.1 Å². The molecule has 87 heavy (non-hydrogen) atoms. The molecule has 8 heterocycles. The molecule has 4 aliphatic heterocycles. The Labute approximate surface area is 516 Å². The van der Waals surface area contributed by atoms with Crippen LogP contribution in [0.5, 0.6) is 0 Å². The quantitative estimate of drug-likeness (QED) is 0.0916. The van der Waals surface area contributed by atoms with Gasteiger partial charge in [0, 0.05) is 86.8 Å². The van der Waals surface area contributed by atoms with E-state index in [0.717, 1.165) is 167 Å². The minimum atomic E-state index is -3.55. The number of sulfonamides is 2. The third-order valence-electron chi connectivity index (χ3n) is 16.2. The van der Waals surface area contributed by atoms with E-state index in [4.69, 9.17) is 39.5 Å². The van der Waals surface area contributed by atoms with Gasteiger partial charge in [-0.25, -0.2) is 36.4 Å². The van der Waals surface area contributed by atoms with Crippen LogP contribution in [-0.2, 0) is 47.1 Å². The minimum Gasteiger partial charge on any atom is -0.478 e. The molecule has 2 aromatic carbocycles. The molecule has 472 valence electrons. The fourth-order valence-corrected chi connectivity index (χ4v) is 12.7. The van der Waals surface area contributed by atoms with Crippen LogP contribution in [0.2, 0.25) is 0 Å². The Morgan fingerprint density at radius 1 is 0.586 bits per heavy atom. The van der Waals surface area contributed by atoms with Gasteiger partial charge in [0.1, 0.15) is 17.2 Å². The Bertz CT molecular complexity index is 3690. The second kappa shape index (κ2) is 27.3. The SMILES string of the molecule is CC(C)(C)OC(=O)N1CCCC[C@H]1c1cc2nc(C3CC3)cc(N3CCOCC3)n2n1.CCc1ccc(NS(C)(=O)=O)c(C(=O)N2CCCC[C@H]2c2cc3nc(C4CC4)cc(N4CCOCC4)n3n2)c1.CCc1ccc(NS(C)(=O)=O)c(C(=O)O)c1.Cl. The zero-order valence-corrected chi connectivity index (χ0v) is 53.3. The first-order chi connectivity index (χ1) is 41.0. The van der Waals surface area contributed by atoms with Crippen LogP contribution in [0.4, 0.5) is 27.8 Å². The van der Waals surface area contributed by atoms with E-state index in [9.17, 15) is 31.2 Å². The van der Waals surface area contributed by atoms with E-state index in [1.165, 1.54) is 25.0 Å². The highest BCUT2D eigenvalue weighted by atomic mass is 35.5. The highest BCUT2D eigenvalue weighted by Crippen LogP contribution is 2.43. The lowest BCUT2D eigenvalue weighted by Gasteiger charge is -2.35. The maximum atomic E-state index is 14.1. The molecule has 0 spiro atoms. The summed E-state index contributed by atoms with van der Waals surface area (Å²) in [5.41, 5.74) is 7.72. The molecule has 4 aromatic heterocycles. The second-order valence-electron chi connectivity index (χ2n) is 24.2. The summed E-state index contributed by atoms with van der Waals surface area (Å²) in [6.45, 7) is 17.1. The van der Waals surface area contributed by atoms with Crippen molar-refractivity contribution in [2.75, 3.05) is 97.5 Å². The van der Waals surface area contributed by atoms with Crippen molar-refractivity contribution in [3.63, 3.8) is 0 Å². The number of carboxylic acid groups (broad SMARTS) is 1. The van der Waals surface area contributed by atoms with Gasteiger partial charge in [-0.1, -0.05) is 26.0 Å². The predicted octanol–water partition coefficient (Wildman–Crippen LogP) is 9.39. The highest BCUT2D eigenvalue weighted by Gasteiger charge is 2.37. The summed E-state index contributed by atoms with van der Waals surface area (Å²) >= 11 is 0. The van der Waals surface area contributed by atoms with Gasteiger partial charge in [0.25, 0.3) is 5.91 Å². The average Bonchev–Trinajstić information content (AvgIpc) is 4.39. The molecule has 2 atom stereocenters. The molecule has 12 rings (SSSR count). The summed E-state index contributed by atoms with van der Waals surface area (Å²) in [6, 6.07) is 18.2. The summed E-state index contributed by atoms with van der Waals surface area (Å²) in [5.74, 6) is 1.85. The molecule has 6 aliphatic rings. The lowest BCUT2D eigenvalue weighted by molar-refractivity contribution is 0.00893. The van der Waals surface area contributed by atoms with E-state index in [2.05, 4.69) is 37.4 Å². The molecule has 0 radical (unpaired) electrons. The summed E-state index contributed by atoms with van der Waals surface area (Å²) in [4.78, 5) is 56.2. The number of fused-ring (bicyclic) bond motifs is 2. The normalized spacial score (nSPS) is 19.3. The van der Waals surface area contributed by atoms with Gasteiger partial charge in [0.2, 0.25) is 20.0 Å². The van der Waals surface area contributed by atoms with Crippen LogP contribution in [0.15, 0.2) is 60.7 Å². The molecule has 26 heteroatoms. The van der Waals surface area contributed by atoms with E-state index in [-0.39, 0.29) is 47.7 Å². The number of ether oxygens (including phenoxy) is 3. The lowest BCUT2D eigenvalue weighted by atomic mass is 9.97. The molecule has 3 N–H and O–H groups in total. The van der Waals surface area contributed by atoms with Gasteiger partial charge in [-0.05, 0) is 133 Å². The van der Waals surface area contributed by atoms with Gasteiger partial charge in [-0.2, -0.15) is 19.2 Å². The first-order valence-electron chi connectivity index (χ1n) is 30.2. The molecule has 4 saturated heterocycles. The van der Waals surface area contributed by atoms with Crippen molar-refractivity contribution in [3.8, 4) is 0 Å². The van der Waals surface area contributed by atoms with E-state index < -0.39 is 31.6 Å². The Balaban J connectivity index is 0.000000168. The van der Waals surface area contributed by atoms with E-state index in [1.54, 1.807) is 12.1 Å². The summed E-state index contributed by atoms with van der Waals surface area (Å²) in [7, 11) is -7.01. The van der Waals surface area contributed by atoms with Gasteiger partial charge >= 0.3 is 12.1 Å². The van der Waals surface area contributed by atoms with Crippen molar-refractivity contribution in [2.24, 2.45) is 0 Å². The molecule has 2 amide bonds. The maximum Gasteiger partial charge on any atom is 0.410 e. The average molecular weight is 1260 g/mol. The van der Waals surface area contributed by atoms with Gasteiger partial charge in [0.05, 0.1) is 84.9 Å². The second-order valence-corrected chi connectivity index (χ2v) is 27.7. The summed E-state index contributed by atoms with van der Waals surface area (Å²) < 4.78 is 71.6. The number of halogens is 1. The predicted molar refractivity (Wildman–Crippen MR) is 336 cm³/mol. The van der Waals surface area contributed by atoms with Gasteiger partial charge < -0.3 is 34.0 Å². The Hall–Kier alpha value is -6.80. The standard InChI is InChI=1S/C28H36N6O4S.C23H33N5O3.C10H13NO4S.ClH/c1-3-19-7-10-22(31-39(2,36)37)21(16-19)28(35)33-11-5-4-6-25(33)24-17-26-29-23(20-8-9-20)18-27(34(26)30-24)32-12-14-38-15-13-32;1-23(2,3)31-22(29)27-9-5-4-6-19(27)18-14-20-24-17(16-7-8-16)15-21(28(20)25-18)26-10-12-30-13-11-26;1-3-7-4-5-9(11-16(2,14)15)8(6-7)10(12)13;/h7,10,16-18,20,25,31H,3-6,8-9,11-15H2,1-2H3;14-16,19H,4-13H2,1-3H3;4-6,11H,3H2,1-2H3,(H,12,13);1H/t25-;19-;;/m00../s1. The molecule has 0 bridgehead atoms. The van der Waals surface area contributed by atoms with E-state index in [1.807, 2.05) is 71.6 Å². The fraction of sp³-hybridized carbons (Fsp3) is 0.557. The maximum absolute atomic E-state index is 14.1. The van der Waals surface area contributed by atoms with Crippen molar-refractivity contribution in [1.82, 2.24) is 39.0 Å². The number of anilines is 4. The zero-order chi connectivity index (χ0) is 61.1. The van der Waals surface area contributed by atoms with Crippen LogP contribution in [0.3, 0.4) is 0 Å². The number of carbonyl (C=O) groups excluding carboxylic acids is 2. The fourth-order valence-electron chi connectivity index (χ4n) is 11.5. The number of nitrogens with zero attached hydrogens (tertiary/aromatic N) is 10. The minimum absolute atomic E-state index is 0. The number of aromatic carboxylic acids is 1. The largest absolute Gasteiger partial charge is 0.478 e. The van der Waals surface area contributed by atoms with Gasteiger partial charge in [0.15, 0.2) is 11.3 Å². The number of amides is 2. The van der Waals surface area contributed by atoms with Crippen molar-refractivity contribution < 1.29 is 50.5 Å². The molecule has 2 aliphatic carbocycles. The molecule has 2 saturated carbocycles. The first-order valence-corrected chi connectivity index (χ1v) is 34.0. The Morgan fingerprint density at radius 3 is 1.43 bits per heavy atom. The van der Waals surface area contributed by atoms with E-state index >= 15 is 0 Å². The highest BCUT2D eigenvalue weighted by molar-refractivity contribution is 7.92. The number of hydrogen-bond acceptors (Lipinski definition) is 16. The van der Waals surface area contributed by atoms with Gasteiger partial charge in [-0.15, -0.1) is 12.4 Å². The number of carbonyl (C=O) groups is 3. The van der Waals surface area contributed by atoms with Crippen molar-refractivity contribution in [3.05, 3.63) is 106 Å². The molecule has 23 nitrogen and oxygen atoms in total. The number of aromatic nitrogens is 6. The van der Waals surface area contributed by atoms with Crippen LogP contribution in [0, 0.1) is 0 Å². The number of morpholine rings is 2. The topological polar surface area (TPSA) is 265 Å². The Kier molecular flexibility index (Phi) is 20.3. The number of likely N-dealkylation sites (tertiary alicyclic amines) is 2. The number of benzene rings is 2. The van der Waals surface area contributed by atoms with Crippen molar-refractivity contribution >= 4 is 84.7 Å². The first kappa shape index (κ1) is 64.7. The smallest absolute Gasteiger partial charge is 0.410 e. The van der Waals surface area contributed by atoms with Crippen LogP contribution in [0.1, 0.15) is 177 Å². The van der Waals surface area contributed by atoms with Crippen LogP contribution in [0.25, 0.3) is 11.3 Å². The third-order valence-corrected chi connectivity index (χ3v) is 17.4. The van der Waals surface area contributed by atoms with E-state index in [0.29, 0.717) is 55.8 Å². The van der Waals surface area contributed by atoms with Crippen LogP contribution in [-0.4, -0.2) is 163 Å². The lowest BCUT2D eigenvalue weighted by Crippen LogP contribution is -2.42. The molecule has 6 aromatic rings. The number of aryl methyl sites for hydroxylation is 2. The third kappa shape index (κ3) is 16.3. The molecular formula is C61H83ClN12O11S2. The number of nitrogens with one attached hydrogen (secondary N) is 2. The van der Waals surface area contributed by atoms with Crippen molar-refractivity contribution in [1.29, 1.82) is 0 Å². The molecule has 0 unspecified atom stereocenters.